The molecule has 2 rings (SSSR count). The van der Waals surface area contributed by atoms with Crippen molar-refractivity contribution in [3.8, 4) is 0 Å². The standard InChI is InChI=1S/C13H26N2/c1-9-3-5-12(6-4-9)13(15-14)10(2)11-7-8-11/h9-13,15H,3-8,14H2,1-2H3. The molecule has 2 aliphatic rings. The molecular formula is C13H26N2. The zero-order valence-corrected chi connectivity index (χ0v) is 10.2. The third kappa shape index (κ3) is 2.73. The van der Waals surface area contributed by atoms with E-state index in [1.54, 1.807) is 0 Å². The highest BCUT2D eigenvalue weighted by Crippen LogP contribution is 2.42. The van der Waals surface area contributed by atoms with Crippen LogP contribution in [0.4, 0.5) is 0 Å². The van der Waals surface area contributed by atoms with Gasteiger partial charge in [-0.15, -0.1) is 0 Å². The first-order valence-electron chi connectivity index (χ1n) is 6.68. The molecule has 0 aromatic rings. The fourth-order valence-electron chi connectivity index (χ4n) is 3.28. The normalized spacial score (nSPS) is 36.2. The molecule has 2 unspecified atom stereocenters. The van der Waals surface area contributed by atoms with Crippen molar-refractivity contribution in [3.05, 3.63) is 0 Å². The van der Waals surface area contributed by atoms with Crippen LogP contribution in [0.3, 0.4) is 0 Å². The van der Waals surface area contributed by atoms with Gasteiger partial charge in [-0.05, 0) is 49.4 Å². The van der Waals surface area contributed by atoms with E-state index in [9.17, 15) is 0 Å². The molecule has 2 heteroatoms. The van der Waals surface area contributed by atoms with Crippen LogP contribution in [-0.4, -0.2) is 6.04 Å². The van der Waals surface area contributed by atoms with E-state index in [1.165, 1.54) is 38.5 Å². The molecule has 0 aliphatic heterocycles. The average molecular weight is 210 g/mol. The van der Waals surface area contributed by atoms with Crippen LogP contribution < -0.4 is 11.3 Å². The molecule has 0 aromatic carbocycles. The molecule has 0 spiro atoms. The zero-order valence-electron chi connectivity index (χ0n) is 10.2. The van der Waals surface area contributed by atoms with Gasteiger partial charge in [0.15, 0.2) is 0 Å². The van der Waals surface area contributed by atoms with Gasteiger partial charge in [0, 0.05) is 6.04 Å². The van der Waals surface area contributed by atoms with Crippen molar-refractivity contribution in [1.29, 1.82) is 0 Å². The van der Waals surface area contributed by atoms with Crippen molar-refractivity contribution in [2.45, 2.75) is 58.4 Å². The van der Waals surface area contributed by atoms with Crippen molar-refractivity contribution >= 4 is 0 Å². The lowest BCUT2D eigenvalue weighted by molar-refractivity contribution is 0.179. The highest BCUT2D eigenvalue weighted by Gasteiger charge is 2.37. The summed E-state index contributed by atoms with van der Waals surface area (Å²) in [5.74, 6) is 9.28. The minimum atomic E-state index is 0.574. The molecule has 3 N–H and O–H groups in total. The maximum absolute atomic E-state index is 5.75. The topological polar surface area (TPSA) is 38.0 Å². The molecule has 0 heterocycles. The summed E-state index contributed by atoms with van der Waals surface area (Å²) in [6.45, 7) is 4.77. The number of rotatable bonds is 4. The molecule has 2 saturated carbocycles. The van der Waals surface area contributed by atoms with Gasteiger partial charge in [0.05, 0.1) is 0 Å². The second-order valence-corrected chi connectivity index (χ2v) is 5.91. The summed E-state index contributed by atoms with van der Waals surface area (Å²) in [6.07, 6.45) is 8.44. The van der Waals surface area contributed by atoms with Crippen molar-refractivity contribution in [2.75, 3.05) is 0 Å². The number of hydrazine groups is 1. The molecular weight excluding hydrogens is 184 g/mol. The molecule has 2 aliphatic carbocycles. The van der Waals surface area contributed by atoms with Crippen molar-refractivity contribution in [2.24, 2.45) is 29.5 Å². The quantitative estimate of drug-likeness (QED) is 0.553. The fourth-order valence-corrected chi connectivity index (χ4v) is 3.28. The molecule has 2 nitrogen and oxygen atoms in total. The van der Waals surface area contributed by atoms with Crippen LogP contribution in [0, 0.1) is 23.7 Å². The van der Waals surface area contributed by atoms with Crippen molar-refractivity contribution in [3.63, 3.8) is 0 Å². The van der Waals surface area contributed by atoms with E-state index in [0.29, 0.717) is 6.04 Å². The van der Waals surface area contributed by atoms with Crippen LogP contribution in [0.15, 0.2) is 0 Å². The van der Waals surface area contributed by atoms with Gasteiger partial charge in [0.2, 0.25) is 0 Å². The van der Waals surface area contributed by atoms with E-state index < -0.39 is 0 Å². The lowest BCUT2D eigenvalue weighted by atomic mass is 9.75. The summed E-state index contributed by atoms with van der Waals surface area (Å²) in [6, 6.07) is 0.574. The molecule has 2 fully saturated rings. The third-order valence-electron chi connectivity index (χ3n) is 4.69. The van der Waals surface area contributed by atoms with Gasteiger partial charge in [-0.3, -0.25) is 11.3 Å². The van der Waals surface area contributed by atoms with E-state index in [1.807, 2.05) is 0 Å². The van der Waals surface area contributed by atoms with Crippen LogP contribution in [0.25, 0.3) is 0 Å². The molecule has 0 saturated heterocycles. The second-order valence-electron chi connectivity index (χ2n) is 5.91. The van der Waals surface area contributed by atoms with E-state index in [-0.39, 0.29) is 0 Å². The minimum absolute atomic E-state index is 0.574. The van der Waals surface area contributed by atoms with Gasteiger partial charge < -0.3 is 0 Å². The van der Waals surface area contributed by atoms with Gasteiger partial charge in [0.1, 0.15) is 0 Å². The molecule has 2 atom stereocenters. The van der Waals surface area contributed by atoms with E-state index in [4.69, 9.17) is 5.84 Å². The number of nitrogens with two attached hydrogens (primary N) is 1. The molecule has 0 radical (unpaired) electrons. The van der Waals surface area contributed by atoms with Crippen LogP contribution in [0.1, 0.15) is 52.4 Å². The predicted octanol–water partition coefficient (Wildman–Crippen LogP) is 2.69. The minimum Gasteiger partial charge on any atom is -0.271 e. The summed E-state index contributed by atoms with van der Waals surface area (Å²) >= 11 is 0. The van der Waals surface area contributed by atoms with E-state index in [0.717, 1.165) is 23.7 Å². The molecule has 88 valence electrons. The van der Waals surface area contributed by atoms with Crippen LogP contribution in [0.2, 0.25) is 0 Å². The number of hydrogen-bond acceptors (Lipinski definition) is 2. The highest BCUT2D eigenvalue weighted by molar-refractivity contribution is 4.90. The Bertz CT molecular complexity index is 193. The Morgan fingerprint density at radius 3 is 2.00 bits per heavy atom. The Morgan fingerprint density at radius 1 is 1.00 bits per heavy atom. The summed E-state index contributed by atoms with van der Waals surface area (Å²) in [5.41, 5.74) is 3.11. The Balaban J connectivity index is 1.87. The summed E-state index contributed by atoms with van der Waals surface area (Å²) in [5, 5.41) is 0. The van der Waals surface area contributed by atoms with Gasteiger partial charge in [-0.1, -0.05) is 26.7 Å². The molecule has 0 amide bonds. The predicted molar refractivity (Wildman–Crippen MR) is 64.1 cm³/mol. The zero-order chi connectivity index (χ0) is 10.8. The van der Waals surface area contributed by atoms with Gasteiger partial charge >= 0.3 is 0 Å². The monoisotopic (exact) mass is 210 g/mol. The van der Waals surface area contributed by atoms with Gasteiger partial charge in [-0.2, -0.15) is 0 Å². The summed E-state index contributed by atoms with van der Waals surface area (Å²) in [4.78, 5) is 0. The summed E-state index contributed by atoms with van der Waals surface area (Å²) in [7, 11) is 0. The third-order valence-corrected chi connectivity index (χ3v) is 4.69. The van der Waals surface area contributed by atoms with Crippen LogP contribution >= 0.6 is 0 Å². The van der Waals surface area contributed by atoms with Gasteiger partial charge in [0.25, 0.3) is 0 Å². The lowest BCUT2D eigenvalue weighted by Crippen LogP contribution is -2.46. The molecule has 15 heavy (non-hydrogen) atoms. The fraction of sp³-hybridized carbons (Fsp3) is 1.00. The highest BCUT2D eigenvalue weighted by atomic mass is 15.2. The Morgan fingerprint density at radius 2 is 1.53 bits per heavy atom. The van der Waals surface area contributed by atoms with E-state index >= 15 is 0 Å². The second kappa shape index (κ2) is 4.84. The average Bonchev–Trinajstić information content (AvgIpc) is 3.05. The lowest BCUT2D eigenvalue weighted by Gasteiger charge is -2.35. The Kier molecular flexibility index (Phi) is 3.68. The molecule has 0 bridgehead atoms. The summed E-state index contributed by atoms with van der Waals surface area (Å²) < 4.78 is 0. The van der Waals surface area contributed by atoms with E-state index in [2.05, 4.69) is 19.3 Å². The van der Waals surface area contributed by atoms with Gasteiger partial charge in [-0.25, -0.2) is 0 Å². The number of hydrogen-bond donors (Lipinski definition) is 2. The molecule has 0 aromatic heterocycles. The largest absolute Gasteiger partial charge is 0.271 e. The van der Waals surface area contributed by atoms with Crippen LogP contribution in [0.5, 0.6) is 0 Å². The van der Waals surface area contributed by atoms with Crippen molar-refractivity contribution in [1.82, 2.24) is 5.43 Å². The SMILES string of the molecule is CC1CCC(C(NN)C(C)C2CC2)CC1. The first-order valence-corrected chi connectivity index (χ1v) is 6.68. The van der Waals surface area contributed by atoms with Crippen molar-refractivity contribution < 1.29 is 0 Å². The number of nitrogens with one attached hydrogen (secondary N) is 1. The smallest absolute Gasteiger partial charge is 0.0267 e. The maximum atomic E-state index is 5.75. The Labute approximate surface area is 94.0 Å². The first kappa shape index (κ1) is 11.4. The maximum Gasteiger partial charge on any atom is 0.0267 e. The Hall–Kier alpha value is -0.0800. The van der Waals surface area contributed by atoms with Crippen LogP contribution in [-0.2, 0) is 0 Å². The first-order chi connectivity index (χ1) is 7.22.